The van der Waals surface area contributed by atoms with Gasteiger partial charge in [0.1, 0.15) is 11.5 Å². The number of allylic oxidation sites excluding steroid dienone is 1. The number of pyridine rings is 1. The molecule has 2 aliphatic rings. The second-order valence-electron chi connectivity index (χ2n) is 10.8. The number of fused-ring (bicyclic) bond motifs is 1. The molecule has 0 saturated carbocycles. The van der Waals surface area contributed by atoms with Crippen LogP contribution in [0, 0.1) is 5.82 Å². The van der Waals surface area contributed by atoms with Crippen LogP contribution in [0.15, 0.2) is 60.3 Å². The molecule has 5 heterocycles. The highest BCUT2D eigenvalue weighted by atomic mass is 19.1. The molecule has 0 bridgehead atoms. The lowest BCUT2D eigenvalue weighted by molar-refractivity contribution is 0.334. The standard InChI is InChI=1S/C33H37FN6/c1-3-29-27(17-22(2)24-8-11-35-12-9-24)33(39-38-29)31-21-28-30(37-31)10-13-36-32(28)25-18-23(19-26(34)20-25)7-6-16-40-14-4-5-15-40/h3,8,10,13,17-21,35,37-38H,2,4-7,9,11-12,14-16H2,1H3/b27-17+,29-3+. The van der Waals surface area contributed by atoms with E-state index in [4.69, 9.17) is 4.98 Å². The summed E-state index contributed by atoms with van der Waals surface area (Å²) in [4.78, 5) is 10.7. The van der Waals surface area contributed by atoms with E-state index in [0.29, 0.717) is 0 Å². The normalized spacial score (nSPS) is 17.2. The van der Waals surface area contributed by atoms with Crippen molar-refractivity contribution in [3.8, 4) is 22.6 Å². The molecular formula is C33H37FN6. The fraction of sp³-hybridized carbons (Fsp3) is 0.333. The van der Waals surface area contributed by atoms with Gasteiger partial charge in [0.25, 0.3) is 0 Å². The largest absolute Gasteiger partial charge is 0.353 e. The number of nitrogens with zero attached hydrogens (tertiary/aromatic N) is 3. The molecule has 4 aromatic rings. The Hall–Kier alpha value is -3.81. The van der Waals surface area contributed by atoms with Crippen molar-refractivity contribution in [1.29, 1.82) is 0 Å². The van der Waals surface area contributed by atoms with Crippen LogP contribution in [-0.2, 0) is 6.42 Å². The number of H-pyrrole nitrogens is 2. The van der Waals surface area contributed by atoms with E-state index < -0.39 is 0 Å². The maximum Gasteiger partial charge on any atom is 0.124 e. The van der Waals surface area contributed by atoms with Gasteiger partial charge in [0, 0.05) is 34.4 Å². The molecule has 3 aromatic heterocycles. The number of benzene rings is 1. The quantitative estimate of drug-likeness (QED) is 0.301. The highest BCUT2D eigenvalue weighted by molar-refractivity contribution is 5.96. The Morgan fingerprint density at radius 3 is 2.83 bits per heavy atom. The molecule has 2 aliphatic heterocycles. The SMILES string of the molecule is C=C(/C=c1/c(-c2cc3c(-c4cc(F)cc(CCCN5CCCC5)c4)nccc3[nH]2)n[nH]/c1=C/C)C1=CCNCC1. The van der Waals surface area contributed by atoms with Gasteiger partial charge in [-0.2, -0.15) is 5.10 Å². The molecular weight excluding hydrogens is 499 g/mol. The minimum Gasteiger partial charge on any atom is -0.353 e. The van der Waals surface area contributed by atoms with Crippen LogP contribution < -0.4 is 15.9 Å². The van der Waals surface area contributed by atoms with E-state index in [1.54, 1.807) is 18.3 Å². The number of rotatable bonds is 8. The van der Waals surface area contributed by atoms with Crippen LogP contribution >= 0.6 is 0 Å². The fourth-order valence-corrected chi connectivity index (χ4v) is 5.97. The van der Waals surface area contributed by atoms with E-state index >= 15 is 0 Å². The number of aromatic nitrogens is 4. The van der Waals surface area contributed by atoms with Crippen LogP contribution in [0.25, 0.3) is 45.7 Å². The molecule has 0 aliphatic carbocycles. The van der Waals surface area contributed by atoms with Gasteiger partial charge >= 0.3 is 0 Å². The maximum absolute atomic E-state index is 14.8. The minimum absolute atomic E-state index is 0.221. The molecule has 0 unspecified atom stereocenters. The summed E-state index contributed by atoms with van der Waals surface area (Å²) in [5.74, 6) is -0.221. The Labute approximate surface area is 234 Å². The lowest BCUT2D eigenvalue weighted by atomic mass is 10.00. The third-order valence-corrected chi connectivity index (χ3v) is 8.09. The number of nitrogens with one attached hydrogen (secondary N) is 3. The van der Waals surface area contributed by atoms with E-state index in [-0.39, 0.29) is 5.82 Å². The van der Waals surface area contributed by atoms with E-state index in [0.717, 1.165) is 94.1 Å². The van der Waals surface area contributed by atoms with Crippen LogP contribution in [-0.4, -0.2) is 57.8 Å². The maximum atomic E-state index is 14.8. The first-order valence-corrected chi connectivity index (χ1v) is 14.4. The smallest absolute Gasteiger partial charge is 0.124 e. The van der Waals surface area contributed by atoms with Crippen molar-refractivity contribution < 1.29 is 4.39 Å². The topological polar surface area (TPSA) is 72.6 Å². The van der Waals surface area contributed by atoms with Crippen molar-refractivity contribution >= 4 is 23.1 Å². The van der Waals surface area contributed by atoms with Gasteiger partial charge < -0.3 is 15.2 Å². The van der Waals surface area contributed by atoms with Crippen LogP contribution in [0.5, 0.6) is 0 Å². The van der Waals surface area contributed by atoms with Crippen molar-refractivity contribution in [3.05, 3.63) is 82.3 Å². The zero-order valence-corrected chi connectivity index (χ0v) is 23.2. The van der Waals surface area contributed by atoms with Gasteiger partial charge in [-0.15, -0.1) is 0 Å². The highest BCUT2D eigenvalue weighted by Crippen LogP contribution is 2.31. The minimum atomic E-state index is -0.221. The Morgan fingerprint density at radius 1 is 1.15 bits per heavy atom. The first-order valence-electron chi connectivity index (χ1n) is 14.4. The molecule has 0 spiro atoms. The van der Waals surface area contributed by atoms with Crippen LogP contribution in [0.4, 0.5) is 4.39 Å². The summed E-state index contributed by atoms with van der Waals surface area (Å²) >= 11 is 0. The summed E-state index contributed by atoms with van der Waals surface area (Å²) in [6.45, 7) is 11.6. The summed E-state index contributed by atoms with van der Waals surface area (Å²) in [6.07, 6.45) is 13.6. The predicted molar refractivity (Wildman–Crippen MR) is 162 cm³/mol. The predicted octanol–water partition coefficient (Wildman–Crippen LogP) is 4.84. The highest BCUT2D eigenvalue weighted by Gasteiger charge is 2.16. The molecule has 0 radical (unpaired) electrons. The number of aromatic amines is 2. The summed E-state index contributed by atoms with van der Waals surface area (Å²) in [5.41, 5.74) is 7.50. The van der Waals surface area contributed by atoms with Gasteiger partial charge in [-0.05, 0) is 118 Å². The second kappa shape index (κ2) is 11.7. The number of hydrogen-bond acceptors (Lipinski definition) is 4. The summed E-state index contributed by atoms with van der Waals surface area (Å²) in [7, 11) is 0. The summed E-state index contributed by atoms with van der Waals surface area (Å²) in [6, 6.07) is 9.38. The first-order chi connectivity index (χ1) is 19.6. The van der Waals surface area contributed by atoms with Crippen molar-refractivity contribution in [2.75, 3.05) is 32.7 Å². The van der Waals surface area contributed by atoms with Crippen molar-refractivity contribution in [3.63, 3.8) is 0 Å². The van der Waals surface area contributed by atoms with E-state index in [2.05, 4.69) is 56.3 Å². The molecule has 3 N–H and O–H groups in total. The van der Waals surface area contributed by atoms with Crippen molar-refractivity contribution in [2.24, 2.45) is 0 Å². The van der Waals surface area contributed by atoms with E-state index in [1.807, 2.05) is 19.1 Å². The molecule has 1 fully saturated rings. The van der Waals surface area contributed by atoms with Gasteiger partial charge in [0.2, 0.25) is 0 Å². The summed E-state index contributed by atoms with van der Waals surface area (Å²) in [5, 5.41) is 14.1. The van der Waals surface area contributed by atoms with Gasteiger partial charge in [-0.1, -0.05) is 18.7 Å². The van der Waals surface area contributed by atoms with Gasteiger partial charge in [-0.3, -0.25) is 10.1 Å². The monoisotopic (exact) mass is 536 g/mol. The number of aryl methyl sites for hydroxylation is 1. The Bertz CT molecular complexity index is 1690. The summed E-state index contributed by atoms with van der Waals surface area (Å²) < 4.78 is 14.8. The lowest BCUT2D eigenvalue weighted by Crippen LogP contribution is -2.25. The Balaban J connectivity index is 1.34. The molecule has 7 heteroatoms. The molecule has 6 rings (SSSR count). The zero-order valence-electron chi connectivity index (χ0n) is 23.2. The van der Waals surface area contributed by atoms with Crippen LogP contribution in [0.1, 0.15) is 38.2 Å². The molecule has 40 heavy (non-hydrogen) atoms. The fourth-order valence-electron chi connectivity index (χ4n) is 5.97. The third kappa shape index (κ3) is 5.58. The van der Waals surface area contributed by atoms with Crippen molar-refractivity contribution in [2.45, 2.75) is 39.0 Å². The molecule has 0 atom stereocenters. The number of likely N-dealkylation sites (tertiary alicyclic amines) is 1. The molecule has 6 nitrogen and oxygen atoms in total. The number of hydrogen-bond donors (Lipinski definition) is 3. The molecule has 0 amide bonds. The van der Waals surface area contributed by atoms with Gasteiger partial charge in [0.15, 0.2) is 0 Å². The van der Waals surface area contributed by atoms with Crippen molar-refractivity contribution in [1.82, 2.24) is 30.4 Å². The zero-order chi connectivity index (χ0) is 27.5. The third-order valence-electron chi connectivity index (χ3n) is 8.09. The Morgan fingerprint density at radius 2 is 2.02 bits per heavy atom. The molecule has 1 aromatic carbocycles. The van der Waals surface area contributed by atoms with Crippen LogP contribution in [0.2, 0.25) is 0 Å². The average Bonchev–Trinajstić information content (AvgIpc) is 3.73. The molecule has 206 valence electrons. The molecule has 1 saturated heterocycles. The first kappa shape index (κ1) is 26.4. The van der Waals surface area contributed by atoms with E-state index in [1.165, 1.54) is 31.5 Å². The van der Waals surface area contributed by atoms with Gasteiger partial charge in [-0.25, -0.2) is 4.39 Å². The lowest BCUT2D eigenvalue weighted by Gasteiger charge is -2.14. The van der Waals surface area contributed by atoms with E-state index in [9.17, 15) is 4.39 Å². The average molecular weight is 537 g/mol. The van der Waals surface area contributed by atoms with Crippen LogP contribution in [0.3, 0.4) is 0 Å². The number of halogens is 1. The Kier molecular flexibility index (Phi) is 7.75. The second-order valence-corrected chi connectivity index (χ2v) is 10.8. The van der Waals surface area contributed by atoms with Gasteiger partial charge in [0.05, 0.1) is 16.7 Å².